The third-order valence-corrected chi connectivity index (χ3v) is 3.00. The van der Waals surface area contributed by atoms with Crippen molar-refractivity contribution in [3.05, 3.63) is 35.9 Å². The molecular formula is C11H11NOS. The Labute approximate surface area is 87.4 Å². The Kier molecular flexibility index (Phi) is 2.68. The van der Waals surface area contributed by atoms with E-state index in [1.54, 1.807) is 0 Å². The highest BCUT2D eigenvalue weighted by Crippen LogP contribution is 2.22. The number of nitrogens with zero attached hydrogens (tertiary/aromatic N) is 1. The third-order valence-electron chi connectivity index (χ3n) is 2.13. The standard InChI is InChI=1S/C11H11NOS/c1-8-12-10(11(13)14-8)7-9-5-3-2-4-6-9/h2-6,10H,7H2,1H3/t10-/m0/s1. The van der Waals surface area contributed by atoms with Crippen LogP contribution in [-0.2, 0) is 11.2 Å². The summed E-state index contributed by atoms with van der Waals surface area (Å²) < 4.78 is 0. The van der Waals surface area contributed by atoms with Crippen molar-refractivity contribution in [1.29, 1.82) is 0 Å². The first-order valence-corrected chi connectivity index (χ1v) is 5.37. The van der Waals surface area contributed by atoms with Gasteiger partial charge in [0.15, 0.2) is 0 Å². The molecule has 0 unspecified atom stereocenters. The van der Waals surface area contributed by atoms with Gasteiger partial charge in [-0.3, -0.25) is 9.79 Å². The zero-order valence-electron chi connectivity index (χ0n) is 7.93. The summed E-state index contributed by atoms with van der Waals surface area (Å²) in [5, 5.41) is 1.06. The van der Waals surface area contributed by atoms with Gasteiger partial charge < -0.3 is 0 Å². The average Bonchev–Trinajstić information content (AvgIpc) is 2.47. The number of carbonyl (C=O) groups is 1. The van der Waals surface area contributed by atoms with Crippen LogP contribution in [0.3, 0.4) is 0 Å². The van der Waals surface area contributed by atoms with Crippen LogP contribution in [-0.4, -0.2) is 16.2 Å². The van der Waals surface area contributed by atoms with E-state index in [1.165, 1.54) is 17.3 Å². The van der Waals surface area contributed by atoms with Gasteiger partial charge in [-0.05, 0) is 24.2 Å². The Morgan fingerprint density at radius 3 is 2.64 bits per heavy atom. The van der Waals surface area contributed by atoms with Gasteiger partial charge in [0.25, 0.3) is 0 Å². The molecule has 1 aromatic rings. The minimum absolute atomic E-state index is 0.164. The smallest absolute Gasteiger partial charge is 0.219 e. The van der Waals surface area contributed by atoms with E-state index in [1.807, 2.05) is 37.3 Å². The summed E-state index contributed by atoms with van der Waals surface area (Å²) in [4.78, 5) is 15.7. The summed E-state index contributed by atoms with van der Waals surface area (Å²) in [6.45, 7) is 1.88. The highest BCUT2D eigenvalue weighted by atomic mass is 32.2. The van der Waals surface area contributed by atoms with Crippen LogP contribution in [0.25, 0.3) is 0 Å². The monoisotopic (exact) mass is 205 g/mol. The molecule has 72 valence electrons. The Morgan fingerprint density at radius 1 is 1.36 bits per heavy atom. The molecule has 1 aliphatic rings. The fourth-order valence-corrected chi connectivity index (χ4v) is 2.22. The van der Waals surface area contributed by atoms with Crippen LogP contribution < -0.4 is 0 Å². The van der Waals surface area contributed by atoms with E-state index in [0.29, 0.717) is 0 Å². The predicted octanol–water partition coefficient (Wildman–Crippen LogP) is 2.29. The van der Waals surface area contributed by atoms with Crippen LogP contribution in [0.15, 0.2) is 35.3 Å². The maximum Gasteiger partial charge on any atom is 0.219 e. The van der Waals surface area contributed by atoms with Gasteiger partial charge in [0.2, 0.25) is 5.12 Å². The first-order chi connectivity index (χ1) is 6.75. The number of hydrogen-bond acceptors (Lipinski definition) is 3. The van der Waals surface area contributed by atoms with Gasteiger partial charge in [0.05, 0.1) is 5.04 Å². The number of thioether (sulfide) groups is 1. The molecule has 0 radical (unpaired) electrons. The quantitative estimate of drug-likeness (QED) is 0.741. The molecule has 2 nitrogen and oxygen atoms in total. The Balaban J connectivity index is 2.09. The van der Waals surface area contributed by atoms with E-state index < -0.39 is 0 Å². The molecule has 14 heavy (non-hydrogen) atoms. The SMILES string of the molecule is CC1=N[C@@H](Cc2ccccc2)C(=O)S1. The molecule has 0 aliphatic carbocycles. The van der Waals surface area contributed by atoms with Gasteiger partial charge in [-0.25, -0.2) is 0 Å². The molecule has 3 heteroatoms. The summed E-state index contributed by atoms with van der Waals surface area (Å²) in [6, 6.07) is 9.84. The van der Waals surface area contributed by atoms with Crippen molar-refractivity contribution in [3.8, 4) is 0 Å². The molecule has 0 N–H and O–H groups in total. The first kappa shape index (κ1) is 9.46. The fraction of sp³-hybridized carbons (Fsp3) is 0.273. The number of carbonyl (C=O) groups excluding carboxylic acids is 1. The lowest BCUT2D eigenvalue weighted by Crippen LogP contribution is -2.13. The van der Waals surface area contributed by atoms with Crippen molar-refractivity contribution in [1.82, 2.24) is 0 Å². The van der Waals surface area contributed by atoms with Crippen LogP contribution in [0.2, 0.25) is 0 Å². The van der Waals surface area contributed by atoms with E-state index in [2.05, 4.69) is 4.99 Å². The molecule has 1 heterocycles. The van der Waals surface area contributed by atoms with Gasteiger partial charge >= 0.3 is 0 Å². The summed E-state index contributed by atoms with van der Waals surface area (Å²) in [6.07, 6.45) is 0.726. The largest absolute Gasteiger partial charge is 0.284 e. The van der Waals surface area contributed by atoms with E-state index in [-0.39, 0.29) is 11.2 Å². The highest BCUT2D eigenvalue weighted by molar-refractivity contribution is 8.26. The van der Waals surface area contributed by atoms with Crippen molar-refractivity contribution in [2.45, 2.75) is 19.4 Å². The van der Waals surface area contributed by atoms with Crippen molar-refractivity contribution in [2.75, 3.05) is 0 Å². The second-order valence-electron chi connectivity index (χ2n) is 3.27. The molecule has 2 rings (SSSR count). The normalized spacial score (nSPS) is 21.1. The summed E-state index contributed by atoms with van der Waals surface area (Å²) >= 11 is 1.26. The minimum atomic E-state index is -0.164. The Morgan fingerprint density at radius 2 is 2.07 bits per heavy atom. The molecular weight excluding hydrogens is 194 g/mol. The molecule has 0 spiro atoms. The van der Waals surface area contributed by atoms with Crippen molar-refractivity contribution in [2.24, 2.45) is 4.99 Å². The molecule has 0 fully saturated rings. The third kappa shape index (κ3) is 2.04. The molecule has 0 bridgehead atoms. The number of rotatable bonds is 2. The number of aliphatic imine (C=N–C) groups is 1. The van der Waals surface area contributed by atoms with Crippen LogP contribution in [0, 0.1) is 0 Å². The van der Waals surface area contributed by atoms with Crippen molar-refractivity contribution < 1.29 is 4.79 Å². The average molecular weight is 205 g/mol. The van der Waals surface area contributed by atoms with E-state index in [0.717, 1.165) is 11.5 Å². The molecule has 0 aromatic heterocycles. The summed E-state index contributed by atoms with van der Waals surface area (Å²) in [5.74, 6) is 0. The Bertz CT molecular complexity index is 372. The maximum atomic E-state index is 11.4. The van der Waals surface area contributed by atoms with Crippen molar-refractivity contribution >= 4 is 21.9 Å². The first-order valence-electron chi connectivity index (χ1n) is 4.56. The lowest BCUT2D eigenvalue weighted by Gasteiger charge is -2.03. The minimum Gasteiger partial charge on any atom is -0.284 e. The maximum absolute atomic E-state index is 11.4. The van der Waals surface area contributed by atoms with Gasteiger partial charge in [-0.1, -0.05) is 30.3 Å². The van der Waals surface area contributed by atoms with E-state index >= 15 is 0 Å². The van der Waals surface area contributed by atoms with Crippen LogP contribution >= 0.6 is 11.8 Å². The van der Waals surface area contributed by atoms with Crippen LogP contribution in [0.4, 0.5) is 0 Å². The van der Waals surface area contributed by atoms with Gasteiger partial charge in [0.1, 0.15) is 6.04 Å². The van der Waals surface area contributed by atoms with Crippen LogP contribution in [0.1, 0.15) is 12.5 Å². The highest BCUT2D eigenvalue weighted by Gasteiger charge is 2.25. The fourth-order valence-electron chi connectivity index (χ4n) is 1.48. The van der Waals surface area contributed by atoms with Crippen LogP contribution in [0.5, 0.6) is 0 Å². The van der Waals surface area contributed by atoms with Gasteiger partial charge in [0, 0.05) is 6.42 Å². The molecule has 1 aromatic carbocycles. The number of hydrogen-bond donors (Lipinski definition) is 0. The molecule has 0 saturated heterocycles. The lowest BCUT2D eigenvalue weighted by atomic mass is 10.1. The van der Waals surface area contributed by atoms with Gasteiger partial charge in [-0.15, -0.1) is 0 Å². The predicted molar refractivity (Wildman–Crippen MR) is 59.6 cm³/mol. The summed E-state index contributed by atoms with van der Waals surface area (Å²) in [7, 11) is 0. The van der Waals surface area contributed by atoms with Gasteiger partial charge in [-0.2, -0.15) is 0 Å². The molecule has 0 saturated carbocycles. The zero-order chi connectivity index (χ0) is 9.97. The molecule has 1 atom stereocenters. The topological polar surface area (TPSA) is 29.4 Å². The molecule has 0 amide bonds. The zero-order valence-corrected chi connectivity index (χ0v) is 8.75. The Hall–Kier alpha value is -1.09. The van der Waals surface area contributed by atoms with Crippen molar-refractivity contribution in [3.63, 3.8) is 0 Å². The molecule has 1 aliphatic heterocycles. The second kappa shape index (κ2) is 3.96. The second-order valence-corrected chi connectivity index (χ2v) is 4.47. The number of benzene rings is 1. The lowest BCUT2D eigenvalue weighted by molar-refractivity contribution is -0.111. The van der Waals surface area contributed by atoms with E-state index in [9.17, 15) is 4.79 Å². The van der Waals surface area contributed by atoms with E-state index in [4.69, 9.17) is 0 Å². The summed E-state index contributed by atoms with van der Waals surface area (Å²) in [5.41, 5.74) is 1.17.